The number of likely N-dealkylation sites (tertiary alicyclic amines) is 1. The van der Waals surface area contributed by atoms with Gasteiger partial charge < -0.3 is 31.5 Å². The van der Waals surface area contributed by atoms with E-state index in [1.165, 1.54) is 4.90 Å². The van der Waals surface area contributed by atoms with Crippen molar-refractivity contribution < 1.29 is 28.8 Å². The molecule has 12 nitrogen and oxygen atoms in total. The van der Waals surface area contributed by atoms with E-state index in [1.807, 2.05) is 51.1 Å². The van der Waals surface area contributed by atoms with Crippen LogP contribution in [0.5, 0.6) is 0 Å². The molecule has 0 spiro atoms. The van der Waals surface area contributed by atoms with Crippen molar-refractivity contribution in [3.8, 4) is 0 Å². The van der Waals surface area contributed by atoms with Gasteiger partial charge in [0.15, 0.2) is 0 Å². The Hall–Kier alpha value is -3.38. The van der Waals surface area contributed by atoms with Crippen LogP contribution < -0.4 is 26.6 Å². The Morgan fingerprint density at radius 3 is 2.15 bits per heavy atom. The van der Waals surface area contributed by atoms with Crippen molar-refractivity contribution in [3.63, 3.8) is 0 Å². The quantitative estimate of drug-likeness (QED) is 0.168. The number of amides is 6. The molecule has 46 heavy (non-hydrogen) atoms. The van der Waals surface area contributed by atoms with Crippen molar-refractivity contribution in [1.82, 2.24) is 31.5 Å². The monoisotopic (exact) mass is 680 g/mol. The van der Waals surface area contributed by atoms with Gasteiger partial charge in [0.2, 0.25) is 23.5 Å². The number of Topliss-reactive ketones (excluding diaryl/α,β-unsaturated/α-hetero) is 1. The van der Waals surface area contributed by atoms with Crippen LogP contribution in [-0.2, 0) is 30.5 Å². The zero-order valence-electron chi connectivity index (χ0n) is 27.5. The van der Waals surface area contributed by atoms with Crippen molar-refractivity contribution >= 4 is 58.6 Å². The molecule has 2 fully saturated rings. The third kappa shape index (κ3) is 9.34. The maximum atomic E-state index is 14.0. The second-order valence-corrected chi connectivity index (χ2v) is 15.5. The average molecular weight is 682 g/mol. The number of urea groups is 1. The van der Waals surface area contributed by atoms with E-state index in [9.17, 15) is 28.8 Å². The number of nitrogens with one attached hydrogen (secondary N) is 5. The first-order chi connectivity index (χ1) is 21.3. The van der Waals surface area contributed by atoms with Gasteiger partial charge in [-0.3, -0.25) is 24.0 Å². The van der Waals surface area contributed by atoms with Gasteiger partial charge in [-0.05, 0) is 38.2 Å². The molecule has 1 aromatic rings. The number of carbonyl (C=O) groups excluding carboxylic acids is 6. The molecule has 5 N–H and O–H groups in total. The van der Waals surface area contributed by atoms with Crippen LogP contribution in [0.15, 0.2) is 30.3 Å². The minimum atomic E-state index is -1.25. The summed E-state index contributed by atoms with van der Waals surface area (Å²) in [4.78, 5) is 80.0. The molecular formula is C32H46Cl2N6O6. The van der Waals surface area contributed by atoms with Gasteiger partial charge in [0.05, 0.1) is 12.6 Å². The van der Waals surface area contributed by atoms with Crippen molar-refractivity contribution in [1.29, 1.82) is 0 Å². The van der Waals surface area contributed by atoms with E-state index in [-0.39, 0.29) is 19.5 Å². The van der Waals surface area contributed by atoms with Crippen molar-refractivity contribution in [2.24, 2.45) is 17.3 Å². The van der Waals surface area contributed by atoms with Gasteiger partial charge in [0.25, 0.3) is 5.91 Å². The number of hydrogen-bond acceptors (Lipinski definition) is 6. The lowest BCUT2D eigenvalue weighted by atomic mass is 9.85. The molecular weight excluding hydrogens is 635 g/mol. The number of fused-ring (bicyclic) bond motifs is 1. The summed E-state index contributed by atoms with van der Waals surface area (Å²) in [5.41, 5.74) is -0.411. The SMILES string of the molecule is CCCC(NC(=O)[C@@H]1C2C(CN1C(=O)[C@@H](NC(=O)NC(C)(C)C)C(C)(C)C)C2(Cl)Cl)C(=O)C(=O)NCC(=O)NCc1ccccc1. The first kappa shape index (κ1) is 37.1. The molecule has 3 rings (SSSR count). The lowest BCUT2D eigenvalue weighted by Crippen LogP contribution is -2.62. The molecule has 0 radical (unpaired) electrons. The Bertz CT molecular complexity index is 1330. The number of benzene rings is 1. The smallest absolute Gasteiger partial charge is 0.315 e. The van der Waals surface area contributed by atoms with Crippen molar-refractivity contribution in [3.05, 3.63) is 35.9 Å². The maximum Gasteiger partial charge on any atom is 0.315 e. The number of nitrogens with zero attached hydrogens (tertiary/aromatic N) is 1. The fraction of sp³-hybridized carbons (Fsp3) is 0.625. The van der Waals surface area contributed by atoms with Crippen LogP contribution in [0, 0.1) is 17.3 Å². The molecule has 1 saturated carbocycles. The minimum absolute atomic E-state index is 0.0781. The van der Waals surface area contributed by atoms with E-state index in [4.69, 9.17) is 23.2 Å². The third-order valence-electron chi connectivity index (χ3n) is 7.94. The molecule has 1 aromatic carbocycles. The van der Waals surface area contributed by atoms with Gasteiger partial charge in [0.1, 0.15) is 16.4 Å². The molecule has 0 bridgehead atoms. The molecule has 1 heterocycles. The second-order valence-electron chi connectivity index (χ2n) is 14.0. The lowest BCUT2D eigenvalue weighted by molar-refractivity contribution is -0.144. The van der Waals surface area contributed by atoms with E-state index in [1.54, 1.807) is 27.7 Å². The Morgan fingerprint density at radius 2 is 1.59 bits per heavy atom. The Labute approximate surface area is 280 Å². The zero-order valence-corrected chi connectivity index (χ0v) is 29.0. The summed E-state index contributed by atoms with van der Waals surface area (Å²) in [7, 11) is 0. The fourth-order valence-electron chi connectivity index (χ4n) is 5.54. The van der Waals surface area contributed by atoms with E-state index in [0.29, 0.717) is 6.42 Å². The summed E-state index contributed by atoms with van der Waals surface area (Å²) in [6, 6.07) is 5.30. The van der Waals surface area contributed by atoms with Crippen LogP contribution in [0.25, 0.3) is 0 Å². The summed E-state index contributed by atoms with van der Waals surface area (Å²) in [5.74, 6) is -4.61. The number of halogens is 2. The Balaban J connectivity index is 1.70. The van der Waals surface area contributed by atoms with Crippen LogP contribution >= 0.6 is 23.2 Å². The topological polar surface area (TPSA) is 166 Å². The number of alkyl halides is 2. The first-order valence-electron chi connectivity index (χ1n) is 15.5. The van der Waals surface area contributed by atoms with Gasteiger partial charge in [-0.15, -0.1) is 23.2 Å². The average Bonchev–Trinajstić information content (AvgIpc) is 3.27. The third-order valence-corrected chi connectivity index (χ3v) is 9.00. The van der Waals surface area contributed by atoms with Gasteiger partial charge in [-0.1, -0.05) is 64.4 Å². The van der Waals surface area contributed by atoms with Crippen molar-refractivity contribution in [2.75, 3.05) is 13.1 Å². The highest BCUT2D eigenvalue weighted by Gasteiger charge is 2.74. The number of ketones is 1. The number of carbonyl (C=O) groups is 6. The van der Waals surface area contributed by atoms with Gasteiger partial charge in [-0.25, -0.2) is 4.79 Å². The van der Waals surface area contributed by atoms with Gasteiger partial charge in [-0.2, -0.15) is 0 Å². The minimum Gasteiger partial charge on any atom is -0.350 e. The highest BCUT2D eigenvalue weighted by atomic mass is 35.5. The summed E-state index contributed by atoms with van der Waals surface area (Å²) in [6.45, 7) is 12.5. The fourth-order valence-corrected chi connectivity index (χ4v) is 6.36. The van der Waals surface area contributed by atoms with Crippen LogP contribution in [0.2, 0.25) is 0 Å². The summed E-state index contributed by atoms with van der Waals surface area (Å²) in [6.07, 6.45) is 0.591. The van der Waals surface area contributed by atoms with Gasteiger partial charge >= 0.3 is 6.03 Å². The molecule has 2 aliphatic rings. The van der Waals surface area contributed by atoms with Crippen LogP contribution in [0.1, 0.15) is 66.9 Å². The van der Waals surface area contributed by atoms with E-state index in [2.05, 4.69) is 26.6 Å². The second kappa shape index (κ2) is 14.6. The van der Waals surface area contributed by atoms with Crippen LogP contribution in [-0.4, -0.2) is 81.4 Å². The zero-order chi connectivity index (χ0) is 34.6. The number of piperidine rings is 1. The molecule has 14 heteroatoms. The molecule has 1 saturated heterocycles. The lowest BCUT2D eigenvalue weighted by Gasteiger charge is -2.38. The predicted octanol–water partition coefficient (Wildman–Crippen LogP) is 2.42. The van der Waals surface area contributed by atoms with Crippen molar-refractivity contribution in [2.45, 2.75) is 95.9 Å². The highest BCUT2D eigenvalue weighted by molar-refractivity contribution is 6.51. The Kier molecular flexibility index (Phi) is 11.8. The molecule has 3 unspecified atom stereocenters. The number of hydrogen-bond donors (Lipinski definition) is 5. The molecule has 1 aliphatic heterocycles. The molecule has 5 atom stereocenters. The Morgan fingerprint density at radius 1 is 0.957 bits per heavy atom. The molecule has 1 aliphatic carbocycles. The highest BCUT2D eigenvalue weighted by Crippen LogP contribution is 2.65. The van der Waals surface area contributed by atoms with Gasteiger partial charge in [0, 0.05) is 30.5 Å². The molecule has 254 valence electrons. The molecule has 6 amide bonds. The first-order valence-corrected chi connectivity index (χ1v) is 16.2. The molecule has 0 aromatic heterocycles. The van der Waals surface area contributed by atoms with E-state index >= 15 is 0 Å². The summed E-state index contributed by atoms with van der Waals surface area (Å²) < 4.78 is -1.25. The van der Waals surface area contributed by atoms with Crippen LogP contribution in [0.4, 0.5) is 4.79 Å². The summed E-state index contributed by atoms with van der Waals surface area (Å²) in [5, 5.41) is 13.2. The van der Waals surface area contributed by atoms with E-state index in [0.717, 1.165) is 5.56 Å². The maximum absolute atomic E-state index is 14.0. The van der Waals surface area contributed by atoms with E-state index < -0.39 is 87.2 Å². The predicted molar refractivity (Wildman–Crippen MR) is 175 cm³/mol. The number of rotatable bonds is 12. The van der Waals surface area contributed by atoms with Crippen LogP contribution in [0.3, 0.4) is 0 Å². The normalized spacial score (nSPS) is 21.2. The standard InChI is InChI=1S/C32H46Cl2N6O6/c1-8-12-20(24(42)27(44)36-16-21(41)35-15-18-13-10-9-11-14-18)37-26(43)23-22-19(32(22,33)34)17-40(23)28(45)25(30(2,3)4)38-29(46)39-31(5,6)7/h9-11,13-14,19-20,22-23,25H,8,12,15-17H2,1-7H3,(H,35,41)(H,36,44)(H,37,43)(H2,38,39,46)/t19?,20?,22?,23-,25+/m0/s1. The largest absolute Gasteiger partial charge is 0.350 e. The summed E-state index contributed by atoms with van der Waals surface area (Å²) >= 11 is 13.0.